The van der Waals surface area contributed by atoms with Gasteiger partial charge in [0.25, 0.3) is 0 Å². The molecule has 2 heterocycles. The summed E-state index contributed by atoms with van der Waals surface area (Å²) in [5.74, 6) is 7.06. The van der Waals surface area contributed by atoms with Crippen LogP contribution in [0.1, 0.15) is 55.9 Å². The quantitative estimate of drug-likeness (QED) is 0.834. The third-order valence-electron chi connectivity index (χ3n) is 4.14. The highest BCUT2D eigenvalue weighted by molar-refractivity contribution is 7.10. The zero-order chi connectivity index (χ0) is 14.9. The minimum absolute atomic E-state index is 0.150. The van der Waals surface area contributed by atoms with E-state index in [-0.39, 0.29) is 6.61 Å². The van der Waals surface area contributed by atoms with Gasteiger partial charge in [-0.3, -0.25) is 4.90 Å². The average Bonchev–Trinajstić information content (AvgIpc) is 2.80. The lowest BCUT2D eigenvalue weighted by molar-refractivity contribution is 0.273. The van der Waals surface area contributed by atoms with Gasteiger partial charge in [0.05, 0.1) is 6.61 Å². The Kier molecular flexibility index (Phi) is 7.29. The van der Waals surface area contributed by atoms with Gasteiger partial charge in [-0.15, -0.1) is 11.3 Å². The topological polar surface area (TPSA) is 23.5 Å². The molecule has 1 aromatic rings. The number of hydrogen-bond acceptors (Lipinski definition) is 3. The normalized spacial score (nSPS) is 19.8. The van der Waals surface area contributed by atoms with E-state index >= 15 is 0 Å². The van der Waals surface area contributed by atoms with Gasteiger partial charge in [0.15, 0.2) is 0 Å². The molecule has 0 spiro atoms. The van der Waals surface area contributed by atoms with Gasteiger partial charge in [-0.2, -0.15) is 0 Å². The number of hydrogen-bond donors (Lipinski definition) is 1. The van der Waals surface area contributed by atoms with Crippen LogP contribution in [0.15, 0.2) is 11.4 Å². The molecular formula is C18H27NOS. The van der Waals surface area contributed by atoms with Gasteiger partial charge in [0.1, 0.15) is 0 Å². The van der Waals surface area contributed by atoms with Gasteiger partial charge in [0.2, 0.25) is 0 Å². The first-order valence-electron chi connectivity index (χ1n) is 8.21. The molecular weight excluding hydrogens is 278 g/mol. The summed E-state index contributed by atoms with van der Waals surface area (Å²) in [7, 11) is 0. The predicted octanol–water partition coefficient (Wildman–Crippen LogP) is 3.88. The van der Waals surface area contributed by atoms with Crippen LogP contribution < -0.4 is 0 Å². The fourth-order valence-corrected chi connectivity index (χ4v) is 3.91. The molecule has 1 N–H and O–H groups in total. The van der Waals surface area contributed by atoms with Crippen molar-refractivity contribution in [1.82, 2.24) is 4.90 Å². The molecule has 1 aliphatic heterocycles. The molecule has 1 fully saturated rings. The van der Waals surface area contributed by atoms with E-state index in [1.807, 2.05) is 11.3 Å². The largest absolute Gasteiger partial charge is 0.395 e. The monoisotopic (exact) mass is 305 g/mol. The van der Waals surface area contributed by atoms with E-state index in [9.17, 15) is 0 Å². The number of aliphatic hydroxyl groups is 1. The van der Waals surface area contributed by atoms with E-state index in [2.05, 4.69) is 35.1 Å². The SMILES string of the molecule is CCCC1CCCN(Cc2cc(C#CCCO)cs2)CC1. The Morgan fingerprint density at radius 3 is 3.10 bits per heavy atom. The molecule has 0 aliphatic carbocycles. The summed E-state index contributed by atoms with van der Waals surface area (Å²) in [5.41, 5.74) is 1.10. The van der Waals surface area contributed by atoms with Crippen LogP contribution in [0.5, 0.6) is 0 Å². The Hall–Kier alpha value is -0.820. The van der Waals surface area contributed by atoms with Crippen LogP contribution in [0.3, 0.4) is 0 Å². The highest BCUT2D eigenvalue weighted by Crippen LogP contribution is 2.24. The van der Waals surface area contributed by atoms with Gasteiger partial charge >= 0.3 is 0 Å². The second kappa shape index (κ2) is 9.25. The lowest BCUT2D eigenvalue weighted by atomic mass is 9.96. The molecule has 21 heavy (non-hydrogen) atoms. The molecule has 2 nitrogen and oxygen atoms in total. The van der Waals surface area contributed by atoms with Crippen LogP contribution in [0, 0.1) is 17.8 Å². The third kappa shape index (κ3) is 5.82. The third-order valence-corrected chi connectivity index (χ3v) is 5.06. The van der Waals surface area contributed by atoms with Crippen molar-refractivity contribution in [2.45, 2.75) is 52.0 Å². The molecule has 2 rings (SSSR count). The summed E-state index contributed by atoms with van der Waals surface area (Å²) in [5, 5.41) is 10.9. The van der Waals surface area contributed by atoms with E-state index in [1.54, 1.807) is 0 Å². The Bertz CT molecular complexity index is 471. The van der Waals surface area contributed by atoms with E-state index in [4.69, 9.17) is 5.11 Å². The van der Waals surface area contributed by atoms with Crippen molar-refractivity contribution < 1.29 is 5.11 Å². The summed E-state index contributed by atoms with van der Waals surface area (Å²) in [6, 6.07) is 2.21. The smallest absolute Gasteiger partial charge is 0.0540 e. The Balaban J connectivity index is 1.83. The summed E-state index contributed by atoms with van der Waals surface area (Å²) in [6.07, 6.45) is 7.41. The summed E-state index contributed by atoms with van der Waals surface area (Å²) in [6.45, 7) is 6.01. The first kappa shape index (κ1) is 16.5. The number of thiophene rings is 1. The number of aliphatic hydroxyl groups excluding tert-OH is 1. The molecule has 0 amide bonds. The Morgan fingerprint density at radius 1 is 1.38 bits per heavy atom. The van der Waals surface area contributed by atoms with Crippen LogP contribution in [0.25, 0.3) is 0 Å². The highest BCUT2D eigenvalue weighted by atomic mass is 32.1. The van der Waals surface area contributed by atoms with E-state index in [0.29, 0.717) is 6.42 Å². The summed E-state index contributed by atoms with van der Waals surface area (Å²) in [4.78, 5) is 4.02. The van der Waals surface area contributed by atoms with Crippen LogP contribution in [0.2, 0.25) is 0 Å². The first-order chi connectivity index (χ1) is 10.3. The van der Waals surface area contributed by atoms with Crippen molar-refractivity contribution >= 4 is 11.3 Å². The average molecular weight is 305 g/mol. The van der Waals surface area contributed by atoms with Gasteiger partial charge in [-0.25, -0.2) is 0 Å². The molecule has 0 bridgehead atoms. The standard InChI is InChI=1S/C18H27NOS/c1-2-6-16-8-5-10-19(11-9-16)14-18-13-17(15-21-18)7-3-4-12-20/h13,15-16,20H,2,4-6,8-12,14H2,1H3. The number of nitrogens with zero attached hydrogens (tertiary/aromatic N) is 1. The molecule has 0 radical (unpaired) electrons. The lowest BCUT2D eigenvalue weighted by Gasteiger charge is -2.19. The first-order valence-corrected chi connectivity index (χ1v) is 9.09. The fraction of sp³-hybridized carbons (Fsp3) is 0.667. The van der Waals surface area contributed by atoms with Gasteiger partial charge in [0, 0.05) is 28.8 Å². The van der Waals surface area contributed by atoms with Crippen molar-refractivity contribution in [2.75, 3.05) is 19.7 Å². The molecule has 1 unspecified atom stereocenters. The Morgan fingerprint density at radius 2 is 2.29 bits per heavy atom. The van der Waals surface area contributed by atoms with Gasteiger partial charge in [-0.1, -0.05) is 31.6 Å². The van der Waals surface area contributed by atoms with Crippen LogP contribution in [0.4, 0.5) is 0 Å². The van der Waals surface area contributed by atoms with Gasteiger partial charge < -0.3 is 5.11 Å². The number of likely N-dealkylation sites (tertiary alicyclic amines) is 1. The van der Waals surface area contributed by atoms with E-state index < -0.39 is 0 Å². The lowest BCUT2D eigenvalue weighted by Crippen LogP contribution is -2.23. The minimum Gasteiger partial charge on any atom is -0.395 e. The van der Waals surface area contributed by atoms with Crippen LogP contribution in [-0.2, 0) is 6.54 Å². The van der Waals surface area contributed by atoms with Gasteiger partial charge in [-0.05, 0) is 44.3 Å². The van der Waals surface area contributed by atoms with Crippen LogP contribution >= 0.6 is 11.3 Å². The van der Waals surface area contributed by atoms with Crippen molar-refractivity contribution in [1.29, 1.82) is 0 Å². The minimum atomic E-state index is 0.150. The predicted molar refractivity (Wildman–Crippen MR) is 90.4 cm³/mol. The van der Waals surface area contributed by atoms with E-state index in [1.165, 1.54) is 50.1 Å². The molecule has 116 valence electrons. The second-order valence-corrected chi connectivity index (χ2v) is 6.93. The fourth-order valence-electron chi connectivity index (χ4n) is 3.05. The second-order valence-electron chi connectivity index (χ2n) is 5.94. The Labute approximate surface area is 133 Å². The molecule has 1 saturated heterocycles. The maximum atomic E-state index is 8.75. The van der Waals surface area contributed by atoms with Crippen molar-refractivity contribution in [3.8, 4) is 11.8 Å². The summed E-state index contributed by atoms with van der Waals surface area (Å²) < 4.78 is 0. The molecule has 0 aromatic carbocycles. The maximum absolute atomic E-state index is 8.75. The molecule has 1 atom stereocenters. The number of rotatable bonds is 5. The molecule has 0 saturated carbocycles. The van der Waals surface area contributed by atoms with Crippen molar-refractivity contribution in [3.63, 3.8) is 0 Å². The van der Waals surface area contributed by atoms with Crippen LogP contribution in [-0.4, -0.2) is 29.7 Å². The molecule has 1 aromatic heterocycles. The van der Waals surface area contributed by atoms with Crippen molar-refractivity contribution in [2.24, 2.45) is 5.92 Å². The zero-order valence-electron chi connectivity index (χ0n) is 13.1. The molecule has 3 heteroatoms. The zero-order valence-corrected chi connectivity index (χ0v) is 13.9. The highest BCUT2D eigenvalue weighted by Gasteiger charge is 2.16. The van der Waals surface area contributed by atoms with Crippen molar-refractivity contribution in [3.05, 3.63) is 21.9 Å². The maximum Gasteiger partial charge on any atom is 0.0540 e. The van der Waals surface area contributed by atoms with E-state index in [0.717, 1.165) is 18.0 Å². The summed E-state index contributed by atoms with van der Waals surface area (Å²) >= 11 is 1.81. The molecule has 1 aliphatic rings.